The Hall–Kier alpha value is -0.243. The molecule has 0 bridgehead atoms. The Kier molecular flexibility index (Phi) is 37.1. The molecular weight excluding hydrogens is 700 g/mol. The first-order chi connectivity index (χ1) is 9.62. The molecule has 0 heterocycles. The largest absolute Gasteiger partial charge is 0.412 e. The normalized spacial score (nSPS) is 9.11. The van der Waals surface area contributed by atoms with Crippen molar-refractivity contribution in [1.29, 1.82) is 0 Å². The molecule has 0 aromatic rings. The Balaban J connectivity index is -0.000000133. The van der Waals surface area contributed by atoms with E-state index >= 15 is 0 Å². The van der Waals surface area contributed by atoms with Crippen molar-refractivity contribution < 1.29 is 80.4 Å². The van der Waals surface area contributed by atoms with Crippen molar-refractivity contribution in [3.63, 3.8) is 0 Å². The van der Waals surface area contributed by atoms with E-state index in [9.17, 15) is 9.59 Å². The van der Waals surface area contributed by atoms with Crippen LogP contribution in [0.1, 0.15) is 29.7 Å². The van der Waals surface area contributed by atoms with E-state index in [1.165, 1.54) is 0 Å². The molecular formula is C15H42N4O6W2+2. The molecule has 0 saturated carbocycles. The predicted octanol–water partition coefficient (Wildman–Crippen LogP) is 0.903. The average molecular weight is 742 g/mol. The fourth-order valence-corrected chi connectivity index (χ4v) is 0.839. The first kappa shape index (κ1) is 45.5. The molecule has 0 aromatic carbocycles. The molecule has 0 unspecified atom stereocenters. The van der Waals surface area contributed by atoms with Crippen LogP contribution in [0, 0.1) is 0 Å². The molecule has 12 heteroatoms. The van der Waals surface area contributed by atoms with E-state index in [1.54, 1.807) is 28.2 Å². The van der Waals surface area contributed by atoms with E-state index in [-0.39, 0.29) is 114 Å². The molecule has 0 rings (SSSR count). The molecule has 0 aliphatic heterocycles. The maximum atomic E-state index is 11.3. The van der Waals surface area contributed by atoms with Crippen molar-refractivity contribution in [2.45, 2.75) is 29.7 Å². The van der Waals surface area contributed by atoms with Gasteiger partial charge in [-0.15, -0.1) is 0 Å². The first-order valence-corrected chi connectivity index (χ1v) is 6.29. The Morgan fingerprint density at radius 2 is 1.00 bits per heavy atom. The van der Waals surface area contributed by atoms with Crippen molar-refractivity contribution >= 4 is 12.2 Å². The zero-order valence-electron chi connectivity index (χ0n) is 13.8. The van der Waals surface area contributed by atoms with Crippen molar-refractivity contribution in [1.82, 2.24) is 10.6 Å². The van der Waals surface area contributed by atoms with Crippen LogP contribution in [0.3, 0.4) is 0 Å². The number of rotatable bonds is 8. The quantitative estimate of drug-likeness (QED) is 0.217. The van der Waals surface area contributed by atoms with Gasteiger partial charge in [0.05, 0.1) is 34.9 Å². The van der Waals surface area contributed by atoms with E-state index in [2.05, 4.69) is 10.6 Å². The maximum Gasteiger partial charge on any atom is 0.412 e. The van der Waals surface area contributed by atoms with Gasteiger partial charge in [-0.3, -0.25) is 8.97 Å². The number of hydrogen-bond acceptors (Lipinski definition) is 6. The second-order valence-corrected chi connectivity index (χ2v) is 5.81. The number of hydrogen-bond donors (Lipinski definition) is 4. The number of carbonyl (C=O) groups is 2. The van der Waals surface area contributed by atoms with Gasteiger partial charge in [0.15, 0.2) is 13.5 Å². The van der Waals surface area contributed by atoms with Crippen LogP contribution in [0.5, 0.6) is 0 Å². The molecule has 168 valence electrons. The van der Waals surface area contributed by atoms with Gasteiger partial charge < -0.3 is 30.3 Å². The second-order valence-electron chi connectivity index (χ2n) is 5.81. The Bertz CT molecular complexity index is 329. The van der Waals surface area contributed by atoms with Gasteiger partial charge >= 0.3 is 12.2 Å². The third-order valence-electron chi connectivity index (χ3n) is 2.32. The number of aliphatic hydroxyl groups is 2. The van der Waals surface area contributed by atoms with Gasteiger partial charge in [-0.2, -0.15) is 0 Å². The van der Waals surface area contributed by atoms with Crippen molar-refractivity contribution in [2.24, 2.45) is 0 Å². The molecule has 27 heavy (non-hydrogen) atoms. The number of nitrogens with one attached hydrogen (secondary N) is 2. The van der Waals surface area contributed by atoms with Crippen LogP contribution in [0.25, 0.3) is 0 Å². The predicted molar refractivity (Wildman–Crippen MR) is 99.1 cm³/mol. The third-order valence-corrected chi connectivity index (χ3v) is 2.32. The molecule has 0 aliphatic carbocycles. The monoisotopic (exact) mass is 742 g/mol. The van der Waals surface area contributed by atoms with Crippen molar-refractivity contribution in [3.8, 4) is 0 Å². The van der Waals surface area contributed by atoms with Gasteiger partial charge in [0, 0.05) is 42.1 Å². The number of aliphatic hydroxyl groups excluding tert-OH is 2. The van der Waals surface area contributed by atoms with Gasteiger partial charge in [-0.05, 0) is 0 Å². The van der Waals surface area contributed by atoms with Gasteiger partial charge in [0.25, 0.3) is 0 Å². The SMILES string of the molecule is C.C.C.C.C[N+](C)(CO)COC(=O)NCNC(=O)OC[N+](C)(C)CO.[W].[W]. The van der Waals surface area contributed by atoms with Crippen LogP contribution in [0.15, 0.2) is 0 Å². The first-order valence-electron chi connectivity index (χ1n) is 6.29. The topological polar surface area (TPSA) is 117 Å². The molecule has 0 spiro atoms. The van der Waals surface area contributed by atoms with Crippen LogP contribution in [0.4, 0.5) is 9.59 Å². The summed E-state index contributed by atoms with van der Waals surface area (Å²) >= 11 is 0. The molecule has 0 saturated heterocycles. The van der Waals surface area contributed by atoms with E-state index in [0.717, 1.165) is 0 Å². The molecule has 0 fully saturated rings. The standard InChI is InChI=1S/C11H24N4O6.4CH4.2W/c1-14(2,6-16)8-20-10(18)12-5-13-11(19)21-9-15(3,4)7-17;;;;;;/h16-17H,5-9H2,1-4H3;4*1H4;;/p+2. The number of carbonyl (C=O) groups excluding carboxylic acids is 2. The minimum Gasteiger partial charge on any atom is -0.399 e. The van der Waals surface area contributed by atoms with Gasteiger partial charge in [-0.25, -0.2) is 9.59 Å². The van der Waals surface area contributed by atoms with E-state index < -0.39 is 12.2 Å². The molecule has 4 N–H and O–H groups in total. The number of alkyl carbamates (subject to hydrolysis) is 2. The van der Waals surface area contributed by atoms with Gasteiger partial charge in [0.2, 0.25) is 13.5 Å². The van der Waals surface area contributed by atoms with Crippen molar-refractivity contribution in [2.75, 3.05) is 61.8 Å². The maximum absolute atomic E-state index is 11.3. The summed E-state index contributed by atoms with van der Waals surface area (Å²) < 4.78 is 9.91. The number of nitrogens with zero attached hydrogens (tertiary/aromatic N) is 2. The van der Waals surface area contributed by atoms with Crippen molar-refractivity contribution in [3.05, 3.63) is 0 Å². The van der Waals surface area contributed by atoms with Crippen LogP contribution < -0.4 is 10.6 Å². The molecule has 0 aliphatic rings. The third kappa shape index (κ3) is 25.8. The number of quaternary nitrogens is 2. The molecule has 0 radical (unpaired) electrons. The summed E-state index contributed by atoms with van der Waals surface area (Å²) in [6.45, 7) is -0.506. The molecule has 2 amide bonds. The van der Waals surface area contributed by atoms with Crippen LogP contribution in [-0.2, 0) is 51.6 Å². The van der Waals surface area contributed by atoms with E-state index in [1.807, 2.05) is 0 Å². The van der Waals surface area contributed by atoms with Crippen LogP contribution in [0.2, 0.25) is 0 Å². The summed E-state index contributed by atoms with van der Waals surface area (Å²) in [5.41, 5.74) is 0. The Labute approximate surface area is 194 Å². The number of ether oxygens (including phenoxy) is 2. The Morgan fingerprint density at radius 1 is 0.741 bits per heavy atom. The fraction of sp³-hybridized carbons (Fsp3) is 0.867. The zero-order valence-corrected chi connectivity index (χ0v) is 19.6. The zero-order chi connectivity index (χ0) is 16.5. The fourth-order valence-electron chi connectivity index (χ4n) is 0.839. The summed E-state index contributed by atoms with van der Waals surface area (Å²) in [5.74, 6) is 0. The van der Waals surface area contributed by atoms with E-state index in [4.69, 9.17) is 19.7 Å². The van der Waals surface area contributed by atoms with Gasteiger partial charge in [0.1, 0.15) is 0 Å². The summed E-state index contributed by atoms with van der Waals surface area (Å²) in [7, 11) is 6.74. The summed E-state index contributed by atoms with van der Waals surface area (Å²) in [5, 5.41) is 22.5. The average Bonchev–Trinajstić information content (AvgIpc) is 2.43. The summed E-state index contributed by atoms with van der Waals surface area (Å²) in [6.07, 6.45) is -1.44. The smallest absolute Gasteiger partial charge is 0.399 e. The minimum atomic E-state index is -0.721. The van der Waals surface area contributed by atoms with Gasteiger partial charge in [-0.1, -0.05) is 29.7 Å². The molecule has 0 aromatic heterocycles. The van der Waals surface area contributed by atoms with Crippen LogP contribution >= 0.6 is 0 Å². The Morgan fingerprint density at radius 3 is 1.22 bits per heavy atom. The summed E-state index contributed by atoms with van der Waals surface area (Å²) in [4.78, 5) is 22.6. The minimum absolute atomic E-state index is 0. The number of amides is 2. The van der Waals surface area contributed by atoms with E-state index in [0.29, 0.717) is 0 Å². The van der Waals surface area contributed by atoms with Crippen LogP contribution in [-0.4, -0.2) is 93.1 Å². The molecule has 0 atom stereocenters. The molecule has 10 nitrogen and oxygen atoms in total. The summed E-state index contributed by atoms with van der Waals surface area (Å²) in [6, 6.07) is 0. The second kappa shape index (κ2) is 22.1.